The van der Waals surface area contributed by atoms with E-state index in [0.717, 1.165) is 30.4 Å². The molecule has 4 nitrogen and oxygen atoms in total. The van der Waals surface area contributed by atoms with Crippen LogP contribution in [0.2, 0.25) is 0 Å². The molecule has 5 heteroatoms. The SMILES string of the molecule is C[N+]1(C)CCC[C@H](OC(=O)C(O)(c2ccccc2)c2ccccc2)C1.[Br-]. The van der Waals surface area contributed by atoms with E-state index in [0.29, 0.717) is 11.1 Å². The first-order chi connectivity index (χ1) is 11.9. The number of likely N-dealkylation sites (N-methyl/N-ethyl adjacent to an activating group) is 1. The summed E-state index contributed by atoms with van der Waals surface area (Å²) in [5.74, 6) is -0.600. The van der Waals surface area contributed by atoms with Crippen molar-refractivity contribution in [1.82, 2.24) is 0 Å². The lowest BCUT2D eigenvalue weighted by Crippen LogP contribution is -3.00. The topological polar surface area (TPSA) is 46.5 Å². The lowest BCUT2D eigenvalue weighted by molar-refractivity contribution is -0.898. The van der Waals surface area contributed by atoms with Crippen LogP contribution < -0.4 is 17.0 Å². The zero-order chi connectivity index (χ0) is 17.9. The molecule has 0 spiro atoms. The van der Waals surface area contributed by atoms with Crippen molar-refractivity contribution in [2.45, 2.75) is 24.5 Å². The molecule has 2 aromatic carbocycles. The highest BCUT2D eigenvalue weighted by atomic mass is 79.9. The van der Waals surface area contributed by atoms with Crippen LogP contribution in [0.25, 0.3) is 0 Å². The Labute approximate surface area is 165 Å². The average Bonchev–Trinajstić information content (AvgIpc) is 2.61. The van der Waals surface area contributed by atoms with Crippen LogP contribution in [0, 0.1) is 0 Å². The maximum Gasteiger partial charge on any atom is 0.348 e. The van der Waals surface area contributed by atoms with Crippen molar-refractivity contribution in [2.75, 3.05) is 27.2 Å². The van der Waals surface area contributed by atoms with Crippen LogP contribution in [0.5, 0.6) is 0 Å². The Hall–Kier alpha value is -1.69. The third-order valence-corrected chi connectivity index (χ3v) is 4.94. The second kappa shape index (κ2) is 8.33. The number of hydrogen-bond acceptors (Lipinski definition) is 3. The zero-order valence-corrected chi connectivity index (χ0v) is 16.9. The molecule has 1 aliphatic heterocycles. The van der Waals surface area contributed by atoms with Gasteiger partial charge in [0.25, 0.3) is 0 Å². The van der Waals surface area contributed by atoms with Crippen molar-refractivity contribution in [3.8, 4) is 0 Å². The molecule has 0 bridgehead atoms. The Bertz CT molecular complexity index is 679. The first kappa shape index (κ1) is 20.6. The molecule has 0 saturated carbocycles. The number of benzene rings is 2. The number of piperidine rings is 1. The molecule has 26 heavy (non-hydrogen) atoms. The third kappa shape index (κ3) is 4.34. The fourth-order valence-corrected chi connectivity index (χ4v) is 3.57. The van der Waals surface area contributed by atoms with E-state index < -0.39 is 11.6 Å². The van der Waals surface area contributed by atoms with E-state index in [4.69, 9.17) is 4.74 Å². The summed E-state index contributed by atoms with van der Waals surface area (Å²) >= 11 is 0. The van der Waals surface area contributed by atoms with Gasteiger partial charge < -0.3 is 31.3 Å². The normalized spacial score (nSPS) is 19.3. The molecule has 1 aliphatic rings. The molecule has 0 radical (unpaired) electrons. The van der Waals surface area contributed by atoms with Crippen LogP contribution >= 0.6 is 0 Å². The summed E-state index contributed by atoms with van der Waals surface area (Å²) in [7, 11) is 4.28. The predicted molar refractivity (Wildman–Crippen MR) is 96.8 cm³/mol. The van der Waals surface area contributed by atoms with Gasteiger partial charge in [-0.15, -0.1) is 0 Å². The molecule has 0 aromatic heterocycles. The second-order valence-electron chi connectivity index (χ2n) is 7.45. The number of aliphatic hydroxyl groups is 1. The van der Waals surface area contributed by atoms with Crippen LogP contribution in [0.1, 0.15) is 24.0 Å². The number of likely N-dealkylation sites (tertiary alicyclic amines) is 1. The second-order valence-corrected chi connectivity index (χ2v) is 7.45. The molecule has 1 heterocycles. The maximum atomic E-state index is 13.1. The predicted octanol–water partition coefficient (Wildman–Crippen LogP) is -0.291. The van der Waals surface area contributed by atoms with Gasteiger partial charge in [-0.2, -0.15) is 0 Å². The molecular formula is C21H26BrNO3. The maximum absolute atomic E-state index is 13.1. The summed E-state index contributed by atoms with van der Waals surface area (Å²) in [5.41, 5.74) is -0.747. The Balaban J connectivity index is 0.00000243. The molecule has 1 N–H and O–H groups in total. The van der Waals surface area contributed by atoms with E-state index in [1.165, 1.54) is 0 Å². The molecule has 0 unspecified atom stereocenters. The summed E-state index contributed by atoms with van der Waals surface area (Å²) in [6.45, 7) is 1.85. The van der Waals surface area contributed by atoms with Crippen LogP contribution in [0.15, 0.2) is 60.7 Å². The summed E-state index contributed by atoms with van der Waals surface area (Å²) < 4.78 is 6.62. The number of rotatable bonds is 4. The lowest BCUT2D eigenvalue weighted by Gasteiger charge is -2.38. The standard InChI is InChI=1S/C21H26NO3.BrH/c1-22(2)15-9-14-19(16-22)25-20(23)21(24,17-10-5-3-6-11-17)18-12-7-4-8-13-18;/h3-8,10-13,19,24H,9,14-16H2,1-2H3;1H/q+1;/p-1/t19-;/m0./s1. The minimum atomic E-state index is -1.79. The third-order valence-electron chi connectivity index (χ3n) is 4.94. The van der Waals surface area contributed by atoms with Crippen molar-refractivity contribution in [3.63, 3.8) is 0 Å². The van der Waals surface area contributed by atoms with Gasteiger partial charge in [-0.1, -0.05) is 60.7 Å². The zero-order valence-electron chi connectivity index (χ0n) is 15.3. The number of hydrogen-bond donors (Lipinski definition) is 1. The molecular weight excluding hydrogens is 394 g/mol. The quantitative estimate of drug-likeness (QED) is 0.547. The van der Waals surface area contributed by atoms with Crippen molar-refractivity contribution in [3.05, 3.63) is 71.8 Å². The highest BCUT2D eigenvalue weighted by Crippen LogP contribution is 2.32. The number of halogens is 1. The van der Waals surface area contributed by atoms with E-state index in [2.05, 4.69) is 14.1 Å². The molecule has 1 saturated heterocycles. The van der Waals surface area contributed by atoms with Gasteiger partial charge in [-0.3, -0.25) is 0 Å². The van der Waals surface area contributed by atoms with Crippen molar-refractivity contribution >= 4 is 5.97 Å². The number of carbonyl (C=O) groups excluding carboxylic acids is 1. The molecule has 2 aromatic rings. The summed E-state index contributed by atoms with van der Waals surface area (Å²) in [6, 6.07) is 18.0. The van der Waals surface area contributed by atoms with Crippen molar-refractivity contribution in [1.29, 1.82) is 0 Å². The van der Waals surface area contributed by atoms with Crippen molar-refractivity contribution in [2.24, 2.45) is 0 Å². The largest absolute Gasteiger partial charge is 1.00 e. The van der Waals surface area contributed by atoms with Gasteiger partial charge in [0.05, 0.1) is 20.6 Å². The minimum Gasteiger partial charge on any atom is -1.00 e. The van der Waals surface area contributed by atoms with E-state index in [9.17, 15) is 9.90 Å². The van der Waals surface area contributed by atoms with Gasteiger partial charge in [-0.25, -0.2) is 4.79 Å². The van der Waals surface area contributed by atoms with Crippen LogP contribution in [-0.4, -0.2) is 48.8 Å². The Morgan fingerprint density at radius 3 is 2.00 bits per heavy atom. The van der Waals surface area contributed by atoms with E-state index in [-0.39, 0.29) is 23.1 Å². The first-order valence-electron chi connectivity index (χ1n) is 8.78. The minimum absolute atomic E-state index is 0. The average molecular weight is 420 g/mol. The van der Waals surface area contributed by atoms with Gasteiger partial charge in [-0.05, 0) is 17.5 Å². The Morgan fingerprint density at radius 2 is 1.54 bits per heavy atom. The smallest absolute Gasteiger partial charge is 0.348 e. The highest BCUT2D eigenvalue weighted by Gasteiger charge is 2.43. The fourth-order valence-electron chi connectivity index (χ4n) is 3.57. The molecule has 0 aliphatic carbocycles. The van der Waals surface area contributed by atoms with Gasteiger partial charge in [0.1, 0.15) is 6.54 Å². The summed E-state index contributed by atoms with van der Waals surface area (Å²) in [4.78, 5) is 13.1. The number of nitrogens with zero attached hydrogens (tertiary/aromatic N) is 1. The van der Waals surface area contributed by atoms with Crippen LogP contribution in [0.4, 0.5) is 0 Å². The lowest BCUT2D eigenvalue weighted by atomic mass is 9.86. The van der Waals surface area contributed by atoms with E-state index in [1.54, 1.807) is 24.3 Å². The van der Waals surface area contributed by atoms with Crippen LogP contribution in [0.3, 0.4) is 0 Å². The van der Waals surface area contributed by atoms with E-state index >= 15 is 0 Å². The number of esters is 1. The number of quaternary nitrogens is 1. The summed E-state index contributed by atoms with van der Waals surface area (Å²) in [6.07, 6.45) is 1.68. The molecule has 3 rings (SSSR count). The van der Waals surface area contributed by atoms with Gasteiger partial charge >= 0.3 is 5.97 Å². The Morgan fingerprint density at radius 1 is 1.04 bits per heavy atom. The van der Waals surface area contributed by atoms with Crippen molar-refractivity contribution < 1.29 is 36.1 Å². The molecule has 140 valence electrons. The number of ether oxygens (including phenoxy) is 1. The molecule has 1 fully saturated rings. The Kier molecular flexibility index (Phi) is 6.61. The summed E-state index contributed by atoms with van der Waals surface area (Å²) in [5, 5.41) is 11.4. The monoisotopic (exact) mass is 419 g/mol. The fraction of sp³-hybridized carbons (Fsp3) is 0.381. The van der Waals surface area contributed by atoms with Gasteiger partial charge in [0.2, 0.25) is 5.60 Å². The van der Waals surface area contributed by atoms with Gasteiger partial charge in [0, 0.05) is 6.42 Å². The first-order valence-corrected chi connectivity index (χ1v) is 8.78. The molecule has 1 atom stereocenters. The highest BCUT2D eigenvalue weighted by molar-refractivity contribution is 5.85. The molecule has 0 amide bonds. The van der Waals surface area contributed by atoms with Gasteiger partial charge in [0.15, 0.2) is 6.10 Å². The number of carbonyl (C=O) groups is 1. The van der Waals surface area contributed by atoms with Crippen LogP contribution in [-0.2, 0) is 15.1 Å². The van der Waals surface area contributed by atoms with E-state index in [1.807, 2.05) is 36.4 Å².